The van der Waals surface area contributed by atoms with Crippen LogP contribution in [0, 0.1) is 31.6 Å². The maximum Gasteiger partial charge on any atom is 0.0488 e. The van der Waals surface area contributed by atoms with E-state index in [4.69, 9.17) is 5.84 Å². The third kappa shape index (κ3) is 2.12. The molecule has 0 spiro atoms. The molecule has 3 unspecified atom stereocenters. The van der Waals surface area contributed by atoms with Gasteiger partial charge in [-0.25, -0.2) is 0 Å². The van der Waals surface area contributed by atoms with Crippen LogP contribution in [0.15, 0.2) is 18.2 Å². The summed E-state index contributed by atoms with van der Waals surface area (Å²) in [5.41, 5.74) is 7.10. The number of nitrogens with one attached hydrogen (secondary N) is 1. The standard InChI is InChI=1S/C15H22N2/c1-9-3-10(2)5-13(4-9)15(17-16)14-7-11-6-12(11)8-14/h3-5,11-12,14-15,17H,6-8,16H2,1-2H3. The van der Waals surface area contributed by atoms with E-state index >= 15 is 0 Å². The number of hydrogen-bond donors (Lipinski definition) is 2. The minimum Gasteiger partial charge on any atom is -0.271 e. The highest BCUT2D eigenvalue weighted by molar-refractivity contribution is 5.31. The predicted molar refractivity (Wildman–Crippen MR) is 70.3 cm³/mol. The Labute approximate surface area is 104 Å². The van der Waals surface area contributed by atoms with E-state index in [2.05, 4.69) is 37.5 Å². The van der Waals surface area contributed by atoms with Crippen molar-refractivity contribution in [3.8, 4) is 0 Å². The molecular formula is C15H22N2. The number of rotatable bonds is 3. The van der Waals surface area contributed by atoms with Gasteiger partial charge in [-0.15, -0.1) is 0 Å². The van der Waals surface area contributed by atoms with Crippen LogP contribution >= 0.6 is 0 Å². The van der Waals surface area contributed by atoms with Crippen LogP contribution in [0.25, 0.3) is 0 Å². The van der Waals surface area contributed by atoms with Crippen LogP contribution in [-0.4, -0.2) is 0 Å². The van der Waals surface area contributed by atoms with Crippen molar-refractivity contribution >= 4 is 0 Å². The van der Waals surface area contributed by atoms with E-state index in [1.807, 2.05) is 0 Å². The summed E-state index contributed by atoms with van der Waals surface area (Å²) >= 11 is 0. The molecule has 2 aliphatic carbocycles. The average Bonchev–Trinajstić information content (AvgIpc) is 2.86. The summed E-state index contributed by atoms with van der Waals surface area (Å²) in [7, 11) is 0. The SMILES string of the molecule is Cc1cc(C)cc(C(NN)C2CC3CC3C2)c1. The molecule has 2 nitrogen and oxygen atoms in total. The zero-order valence-electron chi connectivity index (χ0n) is 10.7. The lowest BCUT2D eigenvalue weighted by Crippen LogP contribution is -2.33. The first-order chi connectivity index (χ1) is 8.17. The van der Waals surface area contributed by atoms with Gasteiger partial charge in [0.2, 0.25) is 0 Å². The maximum absolute atomic E-state index is 5.80. The van der Waals surface area contributed by atoms with Crippen molar-refractivity contribution in [1.82, 2.24) is 5.43 Å². The number of hydrogen-bond acceptors (Lipinski definition) is 2. The molecule has 1 aromatic carbocycles. The monoisotopic (exact) mass is 230 g/mol. The molecule has 2 fully saturated rings. The summed E-state index contributed by atoms with van der Waals surface area (Å²) in [5, 5.41) is 0. The minimum absolute atomic E-state index is 0.349. The molecule has 0 saturated heterocycles. The molecule has 1 aromatic rings. The minimum atomic E-state index is 0.349. The van der Waals surface area contributed by atoms with Gasteiger partial charge in [0.15, 0.2) is 0 Å². The third-order valence-corrected chi connectivity index (χ3v) is 4.53. The van der Waals surface area contributed by atoms with Gasteiger partial charge in [0.25, 0.3) is 0 Å². The fourth-order valence-electron chi connectivity index (χ4n) is 3.73. The molecule has 17 heavy (non-hydrogen) atoms. The van der Waals surface area contributed by atoms with E-state index in [0.717, 1.165) is 17.8 Å². The van der Waals surface area contributed by atoms with Crippen molar-refractivity contribution in [2.24, 2.45) is 23.6 Å². The van der Waals surface area contributed by atoms with Crippen LogP contribution in [-0.2, 0) is 0 Å². The van der Waals surface area contributed by atoms with E-state index in [0.29, 0.717) is 6.04 Å². The van der Waals surface area contributed by atoms with Crippen LogP contribution in [0.3, 0.4) is 0 Å². The molecule has 0 aliphatic heterocycles. The first-order valence-corrected chi connectivity index (χ1v) is 6.71. The Bertz CT molecular complexity index is 397. The summed E-state index contributed by atoms with van der Waals surface area (Å²) in [6.45, 7) is 4.33. The van der Waals surface area contributed by atoms with Crippen LogP contribution in [0.2, 0.25) is 0 Å². The van der Waals surface area contributed by atoms with Gasteiger partial charge in [-0.1, -0.05) is 29.3 Å². The normalized spacial score (nSPS) is 32.3. The Hall–Kier alpha value is -0.860. The van der Waals surface area contributed by atoms with Crippen molar-refractivity contribution in [3.05, 3.63) is 34.9 Å². The first kappa shape index (κ1) is 11.2. The molecule has 2 heteroatoms. The smallest absolute Gasteiger partial charge is 0.0488 e. The zero-order valence-corrected chi connectivity index (χ0v) is 10.7. The molecule has 3 atom stereocenters. The van der Waals surface area contributed by atoms with Crippen LogP contribution < -0.4 is 11.3 Å². The molecule has 0 heterocycles. The largest absolute Gasteiger partial charge is 0.271 e. The van der Waals surface area contributed by atoms with Gasteiger partial charge in [-0.3, -0.25) is 11.3 Å². The van der Waals surface area contributed by atoms with Gasteiger partial charge < -0.3 is 0 Å². The maximum atomic E-state index is 5.80. The van der Waals surface area contributed by atoms with Crippen LogP contribution in [0.1, 0.15) is 42.0 Å². The fraction of sp³-hybridized carbons (Fsp3) is 0.600. The molecule has 2 aliphatic rings. The number of aryl methyl sites for hydroxylation is 2. The molecule has 3 N–H and O–H groups in total. The van der Waals surface area contributed by atoms with Gasteiger partial charge in [-0.05, 0) is 56.4 Å². The second-order valence-corrected chi connectivity index (χ2v) is 6.05. The molecule has 0 bridgehead atoms. The van der Waals surface area contributed by atoms with Crippen molar-refractivity contribution in [3.63, 3.8) is 0 Å². The molecule has 0 radical (unpaired) electrons. The molecule has 0 aromatic heterocycles. The third-order valence-electron chi connectivity index (χ3n) is 4.53. The van der Waals surface area contributed by atoms with Crippen molar-refractivity contribution < 1.29 is 0 Å². The number of benzene rings is 1. The number of hydrazine groups is 1. The molecular weight excluding hydrogens is 208 g/mol. The highest BCUT2D eigenvalue weighted by Crippen LogP contribution is 2.57. The van der Waals surface area contributed by atoms with Crippen molar-refractivity contribution in [1.29, 1.82) is 0 Å². The topological polar surface area (TPSA) is 38.0 Å². The van der Waals surface area contributed by atoms with Gasteiger partial charge >= 0.3 is 0 Å². The van der Waals surface area contributed by atoms with E-state index in [9.17, 15) is 0 Å². The van der Waals surface area contributed by atoms with Gasteiger partial charge in [0, 0.05) is 6.04 Å². The van der Waals surface area contributed by atoms with Crippen molar-refractivity contribution in [2.75, 3.05) is 0 Å². The average molecular weight is 230 g/mol. The molecule has 3 rings (SSSR count). The fourth-order valence-corrected chi connectivity index (χ4v) is 3.73. The summed E-state index contributed by atoms with van der Waals surface area (Å²) in [6.07, 6.45) is 4.21. The van der Waals surface area contributed by atoms with Crippen LogP contribution in [0.5, 0.6) is 0 Å². The second kappa shape index (κ2) is 4.11. The highest BCUT2D eigenvalue weighted by atomic mass is 15.2. The Morgan fingerprint density at radius 3 is 2.18 bits per heavy atom. The molecule has 92 valence electrons. The Kier molecular flexibility index (Phi) is 2.72. The Morgan fingerprint density at radius 2 is 1.65 bits per heavy atom. The van der Waals surface area contributed by atoms with E-state index < -0.39 is 0 Å². The summed E-state index contributed by atoms with van der Waals surface area (Å²) in [6, 6.07) is 7.13. The van der Waals surface area contributed by atoms with Gasteiger partial charge in [0.1, 0.15) is 0 Å². The van der Waals surface area contributed by atoms with E-state index in [1.54, 1.807) is 0 Å². The summed E-state index contributed by atoms with van der Waals surface area (Å²) in [4.78, 5) is 0. The molecule has 0 amide bonds. The molecule has 2 saturated carbocycles. The summed E-state index contributed by atoms with van der Waals surface area (Å²) in [5.74, 6) is 8.57. The lowest BCUT2D eigenvalue weighted by molar-refractivity contribution is 0.345. The number of nitrogens with two attached hydrogens (primary N) is 1. The van der Waals surface area contributed by atoms with E-state index in [1.165, 1.54) is 36.0 Å². The van der Waals surface area contributed by atoms with Gasteiger partial charge in [-0.2, -0.15) is 0 Å². The van der Waals surface area contributed by atoms with Crippen molar-refractivity contribution in [2.45, 2.75) is 39.2 Å². The number of fused-ring (bicyclic) bond motifs is 1. The Balaban J connectivity index is 1.83. The quantitative estimate of drug-likeness (QED) is 0.619. The zero-order chi connectivity index (χ0) is 12.0. The van der Waals surface area contributed by atoms with E-state index in [-0.39, 0.29) is 0 Å². The highest BCUT2D eigenvalue weighted by Gasteiger charge is 2.47. The van der Waals surface area contributed by atoms with Gasteiger partial charge in [0.05, 0.1) is 0 Å². The lowest BCUT2D eigenvalue weighted by atomic mass is 9.88. The predicted octanol–water partition coefficient (Wildman–Crippen LogP) is 2.85. The van der Waals surface area contributed by atoms with Crippen LogP contribution in [0.4, 0.5) is 0 Å². The summed E-state index contributed by atoms with van der Waals surface area (Å²) < 4.78 is 0. The first-order valence-electron chi connectivity index (χ1n) is 6.71. The second-order valence-electron chi connectivity index (χ2n) is 6.05. The Morgan fingerprint density at radius 1 is 1.06 bits per heavy atom. The lowest BCUT2D eigenvalue weighted by Gasteiger charge is -2.25.